The Morgan fingerprint density at radius 1 is 1.27 bits per heavy atom. The number of nitrogens with zero attached hydrogens (tertiary/aromatic N) is 5. The average Bonchev–Trinajstić information content (AvgIpc) is 2.85. The first-order valence-electron chi connectivity index (χ1n) is 5.81. The van der Waals surface area contributed by atoms with Crippen LogP contribution in [0.25, 0.3) is 17.2 Å². The normalized spacial score (nSPS) is 12.0. The topological polar surface area (TPSA) is 116 Å². The van der Waals surface area contributed by atoms with E-state index in [9.17, 15) is 12.8 Å². The van der Waals surface area contributed by atoms with Gasteiger partial charge in [-0.1, -0.05) is 0 Å². The fourth-order valence-corrected chi connectivity index (χ4v) is 2.46. The number of hydrogen-bond donors (Lipinski definition) is 1. The van der Waals surface area contributed by atoms with Crippen molar-refractivity contribution in [1.29, 1.82) is 0 Å². The molecule has 0 aliphatic rings. The van der Waals surface area contributed by atoms with Crippen LogP contribution in [-0.2, 0) is 9.84 Å². The molecule has 11 heteroatoms. The lowest BCUT2D eigenvalue weighted by atomic mass is 10.2. The maximum atomic E-state index is 13.6. The highest BCUT2D eigenvalue weighted by Gasteiger charge is 2.18. The van der Waals surface area contributed by atoms with E-state index in [1.54, 1.807) is 6.07 Å². The third-order valence-electron chi connectivity index (χ3n) is 2.72. The van der Waals surface area contributed by atoms with Gasteiger partial charge in [0, 0.05) is 11.8 Å². The Labute approximate surface area is 132 Å². The van der Waals surface area contributed by atoms with E-state index in [2.05, 4.69) is 36.0 Å². The summed E-state index contributed by atoms with van der Waals surface area (Å²) in [6.45, 7) is 0. The monoisotopic (exact) mass is 386 g/mol. The molecule has 0 radical (unpaired) electrons. The molecular weight excluding hydrogens is 379 g/mol. The van der Waals surface area contributed by atoms with Crippen LogP contribution in [0.5, 0.6) is 0 Å². The number of benzene rings is 1. The fraction of sp³-hybridized carbons (Fsp3) is 0.0909. The van der Waals surface area contributed by atoms with E-state index in [0.717, 1.165) is 10.8 Å². The van der Waals surface area contributed by atoms with Gasteiger partial charge in [0.1, 0.15) is 5.82 Å². The molecule has 0 aliphatic heterocycles. The van der Waals surface area contributed by atoms with Gasteiger partial charge >= 0.3 is 0 Å². The van der Waals surface area contributed by atoms with Crippen LogP contribution < -0.4 is 5.73 Å². The Kier molecular flexibility index (Phi) is 3.33. The van der Waals surface area contributed by atoms with Gasteiger partial charge in [-0.15, -0.1) is 5.10 Å². The molecule has 3 rings (SSSR count). The highest BCUT2D eigenvalue weighted by Crippen LogP contribution is 2.23. The Morgan fingerprint density at radius 2 is 2.00 bits per heavy atom. The van der Waals surface area contributed by atoms with Gasteiger partial charge in [0.15, 0.2) is 5.82 Å². The lowest BCUT2D eigenvalue weighted by Crippen LogP contribution is -2.11. The van der Waals surface area contributed by atoms with Gasteiger partial charge in [0.2, 0.25) is 15.8 Å². The van der Waals surface area contributed by atoms with E-state index >= 15 is 0 Å². The van der Waals surface area contributed by atoms with E-state index in [0.29, 0.717) is 10.0 Å². The summed E-state index contributed by atoms with van der Waals surface area (Å²) in [6, 6.07) is 4.34. The molecule has 0 fully saturated rings. The van der Waals surface area contributed by atoms with Crippen LogP contribution in [0.2, 0.25) is 0 Å². The number of anilines is 1. The zero-order chi connectivity index (χ0) is 16.1. The highest BCUT2D eigenvalue weighted by molar-refractivity contribution is 9.10. The predicted molar refractivity (Wildman–Crippen MR) is 79.2 cm³/mol. The van der Waals surface area contributed by atoms with Crippen molar-refractivity contribution in [2.75, 3.05) is 12.0 Å². The van der Waals surface area contributed by atoms with Gasteiger partial charge in [0.05, 0.1) is 4.47 Å². The molecule has 22 heavy (non-hydrogen) atoms. The van der Waals surface area contributed by atoms with Crippen LogP contribution in [-0.4, -0.2) is 39.2 Å². The standard InChI is InChI=1S/C11H8BrFN6O2S/c1-22(20,21)11-16-9(14)19-10(17-11)15-8(18-19)5-2-3-6(12)7(13)4-5/h2-4H,1H3,(H2,14,15,16,17,18). The fourth-order valence-electron chi connectivity index (χ4n) is 1.71. The van der Waals surface area contributed by atoms with Crippen LogP contribution in [0.4, 0.5) is 10.3 Å². The molecule has 2 aromatic heterocycles. The number of fused-ring (bicyclic) bond motifs is 1. The van der Waals surface area contributed by atoms with Gasteiger partial charge in [-0.2, -0.15) is 19.5 Å². The summed E-state index contributed by atoms with van der Waals surface area (Å²) >= 11 is 3.05. The Hall–Kier alpha value is -2.14. The third kappa shape index (κ3) is 2.52. The predicted octanol–water partition coefficient (Wildman–Crippen LogP) is 1.07. The number of nitrogens with two attached hydrogens (primary N) is 1. The van der Waals surface area contributed by atoms with Crippen LogP contribution >= 0.6 is 15.9 Å². The molecule has 0 spiro atoms. The molecule has 2 N–H and O–H groups in total. The molecule has 0 atom stereocenters. The SMILES string of the molecule is CS(=O)(=O)c1nc(N)n2nc(-c3ccc(Br)c(F)c3)nc2n1. The molecule has 1 aromatic carbocycles. The van der Waals surface area contributed by atoms with Crippen molar-refractivity contribution in [3.8, 4) is 11.4 Å². The third-order valence-corrected chi connectivity index (χ3v) is 4.21. The van der Waals surface area contributed by atoms with Gasteiger partial charge in [-0.25, -0.2) is 12.8 Å². The van der Waals surface area contributed by atoms with Crippen molar-refractivity contribution in [3.05, 3.63) is 28.5 Å². The number of hydrogen-bond acceptors (Lipinski definition) is 7. The molecule has 0 bridgehead atoms. The second-order valence-electron chi connectivity index (χ2n) is 4.41. The molecule has 0 amide bonds. The van der Waals surface area contributed by atoms with Crippen LogP contribution in [0, 0.1) is 5.82 Å². The number of rotatable bonds is 2. The molecule has 2 heterocycles. The first-order chi connectivity index (χ1) is 10.3. The summed E-state index contributed by atoms with van der Waals surface area (Å²) in [4.78, 5) is 11.5. The second-order valence-corrected chi connectivity index (χ2v) is 7.18. The first-order valence-corrected chi connectivity index (χ1v) is 8.50. The van der Waals surface area contributed by atoms with Crippen LogP contribution in [0.15, 0.2) is 27.8 Å². The van der Waals surface area contributed by atoms with Crippen molar-refractivity contribution in [1.82, 2.24) is 24.6 Å². The second kappa shape index (κ2) is 4.95. The summed E-state index contributed by atoms with van der Waals surface area (Å²) in [5.41, 5.74) is 6.06. The Balaban J connectivity index is 2.21. The summed E-state index contributed by atoms with van der Waals surface area (Å²) in [5, 5.41) is 3.61. The lowest BCUT2D eigenvalue weighted by molar-refractivity contribution is 0.592. The smallest absolute Gasteiger partial charge is 0.258 e. The van der Waals surface area contributed by atoms with E-state index in [1.807, 2.05) is 0 Å². The summed E-state index contributed by atoms with van der Waals surface area (Å²) in [7, 11) is -3.63. The molecule has 114 valence electrons. The minimum atomic E-state index is -3.63. The molecular formula is C11H8BrFN6O2S. The van der Waals surface area contributed by atoms with Crippen molar-refractivity contribution in [2.45, 2.75) is 5.16 Å². The number of sulfone groups is 1. The number of nitrogen functional groups attached to an aromatic ring is 1. The maximum Gasteiger partial charge on any atom is 0.258 e. The zero-order valence-corrected chi connectivity index (χ0v) is 13.4. The molecule has 3 aromatic rings. The van der Waals surface area contributed by atoms with E-state index < -0.39 is 20.8 Å². The molecule has 8 nitrogen and oxygen atoms in total. The minimum absolute atomic E-state index is 0.0359. The zero-order valence-electron chi connectivity index (χ0n) is 11.0. The number of aromatic nitrogens is 5. The molecule has 0 saturated carbocycles. The molecule has 0 unspecified atom stereocenters. The van der Waals surface area contributed by atoms with E-state index in [-0.39, 0.29) is 17.6 Å². The lowest BCUT2D eigenvalue weighted by Gasteiger charge is -1.99. The Morgan fingerprint density at radius 3 is 2.64 bits per heavy atom. The largest absolute Gasteiger partial charge is 0.368 e. The Bertz CT molecular complexity index is 1000. The van der Waals surface area contributed by atoms with Crippen molar-refractivity contribution < 1.29 is 12.8 Å². The van der Waals surface area contributed by atoms with E-state index in [1.165, 1.54) is 12.1 Å². The van der Waals surface area contributed by atoms with Gasteiger partial charge in [-0.3, -0.25) is 0 Å². The summed E-state index contributed by atoms with van der Waals surface area (Å²) in [5.74, 6) is -0.543. The first kappa shape index (κ1) is 14.8. The van der Waals surface area contributed by atoms with Crippen molar-refractivity contribution in [2.24, 2.45) is 0 Å². The quantitative estimate of drug-likeness (QED) is 0.699. The maximum absolute atomic E-state index is 13.6. The number of halogens is 2. The van der Waals surface area contributed by atoms with E-state index in [4.69, 9.17) is 5.73 Å². The average molecular weight is 387 g/mol. The van der Waals surface area contributed by atoms with Gasteiger partial charge in [-0.05, 0) is 34.1 Å². The van der Waals surface area contributed by atoms with Crippen LogP contribution in [0.1, 0.15) is 0 Å². The molecule has 0 saturated heterocycles. The van der Waals surface area contributed by atoms with Gasteiger partial charge in [0.25, 0.3) is 10.9 Å². The molecule has 0 aliphatic carbocycles. The van der Waals surface area contributed by atoms with Crippen molar-refractivity contribution >= 4 is 37.5 Å². The highest BCUT2D eigenvalue weighted by atomic mass is 79.9. The summed E-state index contributed by atoms with van der Waals surface area (Å²) < 4.78 is 38.0. The van der Waals surface area contributed by atoms with Gasteiger partial charge < -0.3 is 5.73 Å². The summed E-state index contributed by atoms with van der Waals surface area (Å²) in [6.07, 6.45) is 0.958. The minimum Gasteiger partial charge on any atom is -0.368 e. The van der Waals surface area contributed by atoms with Crippen molar-refractivity contribution in [3.63, 3.8) is 0 Å². The van der Waals surface area contributed by atoms with Crippen LogP contribution in [0.3, 0.4) is 0 Å².